The first kappa shape index (κ1) is 26.3. The molecule has 0 aliphatic heterocycles. The fourth-order valence-corrected chi connectivity index (χ4v) is 6.04. The smallest absolute Gasteiger partial charge is 0.303 e. The summed E-state index contributed by atoms with van der Waals surface area (Å²) >= 11 is 12.3. The molecule has 0 saturated heterocycles. The quantitative estimate of drug-likeness (QED) is 0.253. The lowest BCUT2D eigenvalue weighted by molar-refractivity contribution is -0.138. The molecule has 6 nitrogen and oxygen atoms in total. The maximum atomic E-state index is 12.8. The fraction of sp³-hybridized carbons (Fsp3) is 0.300. The van der Waals surface area contributed by atoms with Crippen molar-refractivity contribution >= 4 is 40.7 Å². The predicted octanol–water partition coefficient (Wildman–Crippen LogP) is 7.30. The van der Waals surface area contributed by atoms with Crippen LogP contribution in [0.2, 0.25) is 10.0 Å². The number of hydrogen-bond donors (Lipinski definition) is 2. The van der Waals surface area contributed by atoms with Gasteiger partial charge in [0.2, 0.25) is 0 Å². The first-order valence-corrected chi connectivity index (χ1v) is 13.6. The summed E-state index contributed by atoms with van der Waals surface area (Å²) in [5.41, 5.74) is 6.19. The number of halogens is 2. The number of pyridine rings is 1. The van der Waals surface area contributed by atoms with E-state index in [0.717, 1.165) is 47.9 Å². The Labute approximate surface area is 231 Å². The number of aryl methyl sites for hydroxylation is 1. The molecule has 1 aliphatic rings. The number of imidazole rings is 1. The van der Waals surface area contributed by atoms with E-state index in [9.17, 15) is 9.59 Å². The minimum absolute atomic E-state index is 0.275. The van der Waals surface area contributed by atoms with Gasteiger partial charge in [0.25, 0.3) is 5.91 Å². The number of aliphatic carboxylic acids is 1. The minimum Gasteiger partial charge on any atom is -0.481 e. The van der Waals surface area contributed by atoms with E-state index in [1.807, 2.05) is 35.7 Å². The number of carbonyl (C=O) groups is 2. The van der Waals surface area contributed by atoms with E-state index in [-0.39, 0.29) is 18.9 Å². The number of nitrogens with zero attached hydrogens (tertiary/aromatic N) is 2. The molecule has 4 aromatic rings. The molecule has 0 unspecified atom stereocenters. The Kier molecular flexibility index (Phi) is 7.73. The highest BCUT2D eigenvalue weighted by Crippen LogP contribution is 2.37. The molecule has 8 heteroatoms. The van der Waals surface area contributed by atoms with Crippen LogP contribution < -0.4 is 5.32 Å². The average molecular weight is 550 g/mol. The molecule has 2 aromatic carbocycles. The monoisotopic (exact) mass is 549 g/mol. The van der Waals surface area contributed by atoms with E-state index in [2.05, 4.69) is 34.6 Å². The largest absolute Gasteiger partial charge is 0.481 e. The summed E-state index contributed by atoms with van der Waals surface area (Å²) in [6.07, 6.45) is 8.00. The SMILES string of the molecule is Cc1cc(Cl)cc(Cl)c1CNC(=O)c1cn2cc(-c3ccc([C@H]4CC[C@H](CC(=O)O)CC4)cc3)ccc2n1. The number of rotatable bonds is 7. The Morgan fingerprint density at radius 2 is 1.71 bits per heavy atom. The van der Waals surface area contributed by atoms with Crippen LogP contribution in [0.5, 0.6) is 0 Å². The molecule has 0 radical (unpaired) electrons. The second-order valence-corrected chi connectivity index (χ2v) is 11.0. The highest BCUT2D eigenvalue weighted by atomic mass is 35.5. The van der Waals surface area contributed by atoms with Crippen LogP contribution in [0.25, 0.3) is 16.8 Å². The van der Waals surface area contributed by atoms with Crippen LogP contribution in [-0.2, 0) is 11.3 Å². The molecule has 1 fully saturated rings. The number of nitrogens with one attached hydrogen (secondary N) is 1. The molecule has 1 aliphatic carbocycles. The Balaban J connectivity index is 1.25. The van der Waals surface area contributed by atoms with Gasteiger partial charge in [0.1, 0.15) is 11.3 Å². The summed E-state index contributed by atoms with van der Waals surface area (Å²) in [6.45, 7) is 2.19. The van der Waals surface area contributed by atoms with Gasteiger partial charge < -0.3 is 14.8 Å². The number of carboxylic acids is 1. The van der Waals surface area contributed by atoms with Gasteiger partial charge in [-0.15, -0.1) is 0 Å². The van der Waals surface area contributed by atoms with E-state index in [1.54, 1.807) is 12.3 Å². The van der Waals surface area contributed by atoms with E-state index in [4.69, 9.17) is 28.3 Å². The van der Waals surface area contributed by atoms with Crippen LogP contribution in [0.15, 0.2) is 60.9 Å². The van der Waals surface area contributed by atoms with E-state index in [1.165, 1.54) is 5.56 Å². The van der Waals surface area contributed by atoms with Crippen molar-refractivity contribution in [2.24, 2.45) is 5.92 Å². The van der Waals surface area contributed by atoms with Gasteiger partial charge in [0, 0.05) is 35.4 Å². The van der Waals surface area contributed by atoms with Crippen LogP contribution in [0.4, 0.5) is 0 Å². The number of carbonyl (C=O) groups excluding carboxylic acids is 1. The van der Waals surface area contributed by atoms with Gasteiger partial charge in [-0.3, -0.25) is 9.59 Å². The molecule has 2 aromatic heterocycles. The van der Waals surface area contributed by atoms with Gasteiger partial charge in [-0.2, -0.15) is 0 Å². The Bertz CT molecular complexity index is 1470. The van der Waals surface area contributed by atoms with Crippen molar-refractivity contribution in [1.82, 2.24) is 14.7 Å². The minimum atomic E-state index is -0.696. The number of hydrogen-bond acceptors (Lipinski definition) is 3. The van der Waals surface area contributed by atoms with E-state index in [0.29, 0.717) is 33.2 Å². The molecule has 1 saturated carbocycles. The number of amides is 1. The van der Waals surface area contributed by atoms with Crippen LogP contribution in [-0.4, -0.2) is 26.4 Å². The van der Waals surface area contributed by atoms with Gasteiger partial charge in [0.15, 0.2) is 0 Å². The zero-order valence-electron chi connectivity index (χ0n) is 21.1. The maximum absolute atomic E-state index is 12.8. The lowest BCUT2D eigenvalue weighted by Gasteiger charge is -2.28. The number of carboxylic acid groups (broad SMARTS) is 1. The molecular formula is C30H29Cl2N3O3. The maximum Gasteiger partial charge on any atom is 0.303 e. The molecule has 0 atom stereocenters. The Hall–Kier alpha value is -3.35. The molecule has 5 rings (SSSR count). The molecule has 0 spiro atoms. The van der Waals surface area contributed by atoms with Crippen LogP contribution >= 0.6 is 23.2 Å². The van der Waals surface area contributed by atoms with E-state index < -0.39 is 5.97 Å². The van der Waals surface area contributed by atoms with Gasteiger partial charge in [-0.05, 0) is 96.5 Å². The zero-order chi connectivity index (χ0) is 26.8. The number of aromatic nitrogens is 2. The third-order valence-corrected chi connectivity index (χ3v) is 8.07. The summed E-state index contributed by atoms with van der Waals surface area (Å²) in [6, 6.07) is 16.0. The predicted molar refractivity (Wildman–Crippen MR) is 150 cm³/mol. The van der Waals surface area contributed by atoms with Crippen molar-refractivity contribution < 1.29 is 14.7 Å². The fourth-order valence-electron chi connectivity index (χ4n) is 5.38. The van der Waals surface area contributed by atoms with Crippen molar-refractivity contribution in [3.63, 3.8) is 0 Å². The molecule has 2 N–H and O–H groups in total. The van der Waals surface area contributed by atoms with Crippen molar-refractivity contribution in [3.8, 4) is 11.1 Å². The normalized spacial score (nSPS) is 17.4. The second-order valence-electron chi connectivity index (χ2n) is 10.1. The first-order chi connectivity index (χ1) is 18.3. The van der Waals surface area contributed by atoms with Gasteiger partial charge in [-0.1, -0.05) is 47.5 Å². The summed E-state index contributed by atoms with van der Waals surface area (Å²) in [4.78, 5) is 28.3. The molecule has 0 bridgehead atoms. The highest BCUT2D eigenvalue weighted by molar-refractivity contribution is 6.35. The van der Waals surface area contributed by atoms with Gasteiger partial charge in [0.05, 0.1) is 0 Å². The third-order valence-electron chi connectivity index (χ3n) is 7.52. The lowest BCUT2D eigenvalue weighted by atomic mass is 9.77. The summed E-state index contributed by atoms with van der Waals surface area (Å²) in [5, 5.41) is 13.0. The topological polar surface area (TPSA) is 83.7 Å². The molecule has 196 valence electrons. The average Bonchev–Trinajstić information content (AvgIpc) is 3.32. The summed E-state index contributed by atoms with van der Waals surface area (Å²) in [7, 11) is 0. The Morgan fingerprint density at radius 3 is 2.39 bits per heavy atom. The van der Waals surface area contributed by atoms with Gasteiger partial charge in [-0.25, -0.2) is 4.98 Å². The van der Waals surface area contributed by atoms with Crippen molar-refractivity contribution in [3.05, 3.63) is 93.4 Å². The van der Waals surface area contributed by atoms with Crippen molar-refractivity contribution in [2.45, 2.75) is 51.5 Å². The standard InChI is InChI=1S/C30H29Cl2N3O3/c1-18-12-24(31)14-26(32)25(18)15-33-30(38)27-17-35-16-23(10-11-28(35)34-27)22-8-6-21(7-9-22)20-4-2-19(3-5-20)13-29(36)37/h6-12,14,16-17,19-20H,2-5,13,15H2,1H3,(H,33,38)(H,36,37)/t19-,20-. The van der Waals surface area contributed by atoms with Crippen molar-refractivity contribution in [2.75, 3.05) is 0 Å². The van der Waals surface area contributed by atoms with E-state index >= 15 is 0 Å². The van der Waals surface area contributed by atoms with Crippen molar-refractivity contribution in [1.29, 1.82) is 0 Å². The van der Waals surface area contributed by atoms with Crippen LogP contribution in [0, 0.1) is 12.8 Å². The Morgan fingerprint density at radius 1 is 1.00 bits per heavy atom. The summed E-state index contributed by atoms with van der Waals surface area (Å²) in [5.74, 6) is -0.185. The number of fused-ring (bicyclic) bond motifs is 1. The number of benzene rings is 2. The molecule has 38 heavy (non-hydrogen) atoms. The molecular weight excluding hydrogens is 521 g/mol. The van der Waals surface area contributed by atoms with Crippen LogP contribution in [0.1, 0.15) is 65.2 Å². The second kappa shape index (κ2) is 11.2. The molecule has 1 amide bonds. The third kappa shape index (κ3) is 5.87. The summed E-state index contributed by atoms with van der Waals surface area (Å²) < 4.78 is 1.86. The zero-order valence-corrected chi connectivity index (χ0v) is 22.6. The van der Waals surface area contributed by atoms with Gasteiger partial charge >= 0.3 is 5.97 Å². The first-order valence-electron chi connectivity index (χ1n) is 12.8. The lowest BCUT2D eigenvalue weighted by Crippen LogP contribution is -2.23. The van der Waals surface area contributed by atoms with Crippen LogP contribution in [0.3, 0.4) is 0 Å². The highest BCUT2D eigenvalue weighted by Gasteiger charge is 2.24. The molecule has 2 heterocycles.